The summed E-state index contributed by atoms with van der Waals surface area (Å²) in [6.45, 7) is 0. The van der Waals surface area contributed by atoms with Crippen LogP contribution in [0.5, 0.6) is 0 Å². The van der Waals surface area contributed by atoms with Crippen molar-refractivity contribution in [2.45, 2.75) is 0 Å². The van der Waals surface area contributed by atoms with E-state index in [9.17, 15) is 0 Å². The zero-order valence-electron chi connectivity index (χ0n) is 4.81. The Morgan fingerprint density at radius 3 is 0.636 bits per heavy atom. The first kappa shape index (κ1) is 18.5. The van der Waals surface area contributed by atoms with Gasteiger partial charge >= 0.3 is 0 Å². The van der Waals surface area contributed by atoms with Crippen molar-refractivity contribution in [2.24, 2.45) is 0 Å². The minimum absolute atomic E-state index is 0. The van der Waals surface area contributed by atoms with E-state index >= 15 is 0 Å². The van der Waals surface area contributed by atoms with Gasteiger partial charge in [-0.05, 0) is 0 Å². The van der Waals surface area contributed by atoms with Crippen LogP contribution in [0.1, 0.15) is 0 Å². The van der Waals surface area contributed by atoms with Gasteiger partial charge in [-0.1, -0.05) is 0 Å². The summed E-state index contributed by atoms with van der Waals surface area (Å²) in [6.07, 6.45) is 0. The molecule has 0 aliphatic heterocycles. The average molecular weight is 289 g/mol. The molecule has 0 aromatic carbocycles. The van der Waals surface area contributed by atoms with E-state index in [2.05, 4.69) is 0 Å². The maximum absolute atomic E-state index is 8.60. The third kappa shape index (κ3) is 368. The molecular weight excluding hydrogens is 287 g/mol. The molecule has 11 heavy (non-hydrogen) atoms. The van der Waals surface area contributed by atoms with Crippen molar-refractivity contribution in [3.63, 3.8) is 0 Å². The SMILES string of the molecule is [O-][Cl+3]([O-])([O-])O.[O-][Cl+3]([O-])([O-])O.[Sr]. The Balaban J connectivity index is -0.000000107. The number of rotatable bonds is 0. The first-order valence-electron chi connectivity index (χ1n) is 1.26. The van der Waals surface area contributed by atoms with Crippen molar-refractivity contribution >= 4 is 45.5 Å². The van der Waals surface area contributed by atoms with Crippen LogP contribution in [0.15, 0.2) is 0 Å². The topological polar surface area (TPSA) is 179 Å². The van der Waals surface area contributed by atoms with Crippen LogP contribution in [0.4, 0.5) is 0 Å². The molecule has 0 unspecified atom stereocenters. The molecule has 0 aromatic heterocycles. The summed E-state index contributed by atoms with van der Waals surface area (Å²) < 4.78 is 65.4. The van der Waals surface area contributed by atoms with Crippen LogP contribution in [0.3, 0.4) is 0 Å². The largest absolute Gasteiger partial charge is 0.183 e. The normalized spacial score (nSPS) is 10.9. The third-order valence-corrected chi connectivity index (χ3v) is 0. The monoisotopic (exact) mass is 288 g/mol. The van der Waals surface area contributed by atoms with E-state index in [1.807, 2.05) is 0 Å². The summed E-state index contributed by atoms with van der Waals surface area (Å²) in [5.41, 5.74) is 0. The Hall–Kier alpha value is 1.74. The van der Waals surface area contributed by atoms with Gasteiger partial charge in [-0.25, -0.2) is 0 Å². The molecule has 0 bridgehead atoms. The van der Waals surface area contributed by atoms with Gasteiger partial charge in [0.05, 0.1) is 29.8 Å². The van der Waals surface area contributed by atoms with Crippen LogP contribution in [-0.4, -0.2) is 54.8 Å². The van der Waals surface area contributed by atoms with Gasteiger partial charge in [0.1, 0.15) is 0 Å². The molecule has 66 valence electrons. The Labute approximate surface area is 102 Å². The summed E-state index contributed by atoms with van der Waals surface area (Å²) >= 11 is 0. The Bertz CT molecular complexity index is 55.1. The molecule has 0 aliphatic carbocycles. The smallest absolute Gasteiger partial charge is 0.0777 e. The predicted molar refractivity (Wildman–Crippen MR) is 10.2 cm³/mol. The molecule has 0 amide bonds. The first-order valence-corrected chi connectivity index (χ1v) is 3.79. The quantitative estimate of drug-likeness (QED) is 0.412. The van der Waals surface area contributed by atoms with E-state index in [0.29, 0.717) is 0 Å². The van der Waals surface area contributed by atoms with Crippen LogP contribution in [-0.2, 0) is 0 Å². The van der Waals surface area contributed by atoms with Crippen LogP contribution < -0.4 is 28.0 Å². The summed E-state index contributed by atoms with van der Waals surface area (Å²) in [4.78, 5) is 0. The van der Waals surface area contributed by atoms with Crippen molar-refractivity contribution in [2.75, 3.05) is 0 Å². The maximum atomic E-state index is 8.60. The van der Waals surface area contributed by atoms with Crippen molar-refractivity contribution in [3.05, 3.63) is 0 Å². The summed E-state index contributed by atoms with van der Waals surface area (Å²) in [6, 6.07) is 0. The summed E-state index contributed by atoms with van der Waals surface area (Å²) in [5.74, 6) is 0. The van der Waals surface area contributed by atoms with Gasteiger partial charge in [-0.3, -0.25) is 0 Å². The molecule has 0 aromatic rings. The van der Waals surface area contributed by atoms with Crippen molar-refractivity contribution < 1.29 is 57.8 Å². The van der Waals surface area contributed by atoms with E-state index in [4.69, 9.17) is 37.3 Å². The van der Waals surface area contributed by atoms with Crippen LogP contribution >= 0.6 is 0 Å². The Kier molecular flexibility index (Phi) is 12.1. The second kappa shape index (κ2) is 7.17. The van der Waals surface area contributed by atoms with Gasteiger partial charge in [0.25, 0.3) is 0 Å². The second-order valence-electron chi connectivity index (χ2n) is 0.792. The van der Waals surface area contributed by atoms with Crippen molar-refractivity contribution in [3.8, 4) is 0 Å². The van der Waals surface area contributed by atoms with Crippen LogP contribution in [0, 0.1) is 20.5 Å². The molecule has 0 saturated heterocycles. The van der Waals surface area contributed by atoms with Gasteiger partial charge in [-0.15, -0.1) is 0 Å². The molecule has 0 atom stereocenters. The van der Waals surface area contributed by atoms with E-state index in [-0.39, 0.29) is 45.5 Å². The van der Waals surface area contributed by atoms with Gasteiger partial charge in [0, 0.05) is 45.5 Å². The minimum Gasteiger partial charge on any atom is -0.183 e. The maximum Gasteiger partial charge on any atom is 0.0777 e. The molecule has 0 rings (SSSR count). The van der Waals surface area contributed by atoms with Crippen LogP contribution in [0.2, 0.25) is 0 Å². The number of hydrogen-bond acceptors (Lipinski definition) is 8. The second-order valence-corrected chi connectivity index (χ2v) is 2.38. The first-order chi connectivity index (χ1) is 4.00. The fourth-order valence-corrected chi connectivity index (χ4v) is 0. The summed E-state index contributed by atoms with van der Waals surface area (Å²) in [5, 5.41) is 0. The molecule has 0 saturated carbocycles. The molecule has 11 heteroatoms. The predicted octanol–water partition coefficient (Wildman–Crippen LogP) is -8.63. The minimum atomic E-state index is -4.69. The molecule has 0 spiro atoms. The Morgan fingerprint density at radius 2 is 0.636 bits per heavy atom. The van der Waals surface area contributed by atoms with E-state index in [1.54, 1.807) is 0 Å². The fourth-order valence-electron chi connectivity index (χ4n) is 0. The molecule has 0 heterocycles. The van der Waals surface area contributed by atoms with E-state index in [1.165, 1.54) is 0 Å². The fraction of sp³-hybridized carbons (Fsp3) is 0. The molecule has 0 aliphatic rings. The van der Waals surface area contributed by atoms with Gasteiger partial charge in [0.2, 0.25) is 0 Å². The summed E-state index contributed by atoms with van der Waals surface area (Å²) in [7, 11) is -9.39. The van der Waals surface area contributed by atoms with Crippen molar-refractivity contribution in [1.29, 1.82) is 0 Å². The zero-order chi connectivity index (χ0) is 9.00. The zero-order valence-corrected chi connectivity index (χ0v) is 9.80. The van der Waals surface area contributed by atoms with Crippen LogP contribution in [0.25, 0.3) is 0 Å². The Morgan fingerprint density at radius 1 is 0.636 bits per heavy atom. The van der Waals surface area contributed by atoms with Gasteiger partial charge in [-0.2, -0.15) is 28.0 Å². The molecule has 8 nitrogen and oxygen atoms in total. The van der Waals surface area contributed by atoms with Gasteiger partial charge < -0.3 is 0 Å². The number of halogens is 2. The van der Waals surface area contributed by atoms with E-state index in [0.717, 1.165) is 0 Å². The molecule has 0 fully saturated rings. The third-order valence-electron chi connectivity index (χ3n) is 0. The standard InChI is InChI=1S/2ClHO4.Sr/c2*2-1(3,4)5;/h2*(H,2,3,4,5);. The van der Waals surface area contributed by atoms with E-state index < -0.39 is 20.5 Å². The average Bonchev–Trinajstić information content (AvgIpc) is 1.12. The molecule has 2 N–H and O–H groups in total. The number of hydrogen-bond donors (Lipinski definition) is 2. The molecule has 2 radical (unpaired) electrons. The molecular formula is H2Cl2O8Sr. The van der Waals surface area contributed by atoms with Crippen molar-refractivity contribution in [1.82, 2.24) is 0 Å². The van der Waals surface area contributed by atoms with Gasteiger partial charge in [0.15, 0.2) is 0 Å².